The molecule has 0 aromatic heterocycles. The monoisotopic (exact) mass is 278 g/mol. The fourth-order valence-corrected chi connectivity index (χ4v) is 3.53. The minimum Gasteiger partial charge on any atom is -0.352 e. The van der Waals surface area contributed by atoms with Gasteiger partial charge in [-0.05, 0) is 44.9 Å². The summed E-state index contributed by atoms with van der Waals surface area (Å²) in [5.41, 5.74) is 0. The molecule has 2 fully saturated rings. The Hall–Kier alpha value is 0.0700. The van der Waals surface area contributed by atoms with Crippen molar-refractivity contribution in [2.24, 2.45) is 0 Å². The van der Waals surface area contributed by atoms with Crippen molar-refractivity contribution in [1.82, 2.24) is 10.6 Å². The van der Waals surface area contributed by atoms with Gasteiger partial charge >= 0.3 is 0 Å². The summed E-state index contributed by atoms with van der Waals surface area (Å²) in [7, 11) is 0. The summed E-state index contributed by atoms with van der Waals surface area (Å²) in [4.78, 5) is 11.9. The van der Waals surface area contributed by atoms with E-state index in [1.54, 1.807) is 0 Å². The van der Waals surface area contributed by atoms with E-state index < -0.39 is 0 Å². The van der Waals surface area contributed by atoms with Crippen LogP contribution in [-0.2, 0) is 4.79 Å². The molecular weight excluding hydrogens is 256 g/mol. The smallest absolute Gasteiger partial charge is 0.237 e. The van der Waals surface area contributed by atoms with Gasteiger partial charge in [-0.25, -0.2) is 0 Å². The van der Waals surface area contributed by atoms with E-state index in [0.29, 0.717) is 6.04 Å². The van der Waals surface area contributed by atoms with Gasteiger partial charge in [-0.15, -0.1) is 12.4 Å². The number of amides is 1. The van der Waals surface area contributed by atoms with Crippen LogP contribution < -0.4 is 10.6 Å². The van der Waals surface area contributed by atoms with Gasteiger partial charge in [0.05, 0.1) is 6.04 Å². The molecule has 17 heavy (non-hydrogen) atoms. The molecule has 0 radical (unpaired) electrons. The molecule has 1 heterocycles. The Morgan fingerprint density at radius 3 is 2.76 bits per heavy atom. The van der Waals surface area contributed by atoms with Gasteiger partial charge in [0.15, 0.2) is 0 Å². The zero-order valence-electron chi connectivity index (χ0n) is 10.4. The van der Waals surface area contributed by atoms with Crippen LogP contribution in [0, 0.1) is 0 Å². The van der Waals surface area contributed by atoms with Gasteiger partial charge in [0.25, 0.3) is 0 Å². The minimum absolute atomic E-state index is 0. The highest BCUT2D eigenvalue weighted by Crippen LogP contribution is 2.27. The molecule has 1 aliphatic heterocycles. The Labute approximate surface area is 114 Å². The number of halogens is 1. The van der Waals surface area contributed by atoms with Crippen molar-refractivity contribution < 1.29 is 4.79 Å². The maximum absolute atomic E-state index is 11.9. The standard InChI is InChI=1S/C12H22N2OS.ClH/c1-16-10-5-2-4-9(8-10)14-12(15)11-6-3-7-13-11;/h9-11,13H,2-8H2,1H3,(H,14,15);1H. The summed E-state index contributed by atoms with van der Waals surface area (Å²) in [6.07, 6.45) is 9.20. The van der Waals surface area contributed by atoms with E-state index in [0.717, 1.165) is 37.5 Å². The van der Waals surface area contributed by atoms with Gasteiger partial charge in [0.2, 0.25) is 5.91 Å². The van der Waals surface area contributed by atoms with Crippen molar-refractivity contribution in [3.05, 3.63) is 0 Å². The van der Waals surface area contributed by atoms with Crippen LogP contribution >= 0.6 is 24.2 Å². The third kappa shape index (κ3) is 4.34. The van der Waals surface area contributed by atoms with Crippen LogP contribution in [0.1, 0.15) is 38.5 Å². The lowest BCUT2D eigenvalue weighted by molar-refractivity contribution is -0.123. The fraction of sp³-hybridized carbons (Fsp3) is 0.917. The van der Waals surface area contributed by atoms with Crippen LogP contribution in [0.5, 0.6) is 0 Å². The molecule has 1 saturated heterocycles. The topological polar surface area (TPSA) is 41.1 Å². The summed E-state index contributed by atoms with van der Waals surface area (Å²) >= 11 is 1.94. The molecule has 3 atom stereocenters. The predicted molar refractivity (Wildman–Crippen MR) is 76.0 cm³/mol. The normalized spacial score (nSPS) is 32.9. The minimum atomic E-state index is 0. The van der Waals surface area contributed by atoms with Crippen molar-refractivity contribution in [2.75, 3.05) is 12.8 Å². The molecule has 2 rings (SSSR count). The largest absolute Gasteiger partial charge is 0.352 e. The third-order valence-electron chi connectivity index (χ3n) is 3.68. The lowest BCUT2D eigenvalue weighted by Gasteiger charge is -2.29. The molecule has 3 nitrogen and oxygen atoms in total. The number of rotatable bonds is 3. The van der Waals surface area contributed by atoms with E-state index >= 15 is 0 Å². The summed E-state index contributed by atoms with van der Waals surface area (Å²) in [5.74, 6) is 0.226. The Morgan fingerprint density at radius 2 is 2.12 bits per heavy atom. The van der Waals surface area contributed by atoms with E-state index in [1.165, 1.54) is 12.8 Å². The molecule has 0 bridgehead atoms. The first-order chi connectivity index (χ1) is 7.79. The van der Waals surface area contributed by atoms with Crippen LogP contribution in [-0.4, -0.2) is 36.0 Å². The number of thioether (sulfide) groups is 1. The van der Waals surface area contributed by atoms with E-state index in [2.05, 4.69) is 16.9 Å². The quantitative estimate of drug-likeness (QED) is 0.829. The summed E-state index contributed by atoms with van der Waals surface area (Å²) in [5, 5.41) is 7.21. The van der Waals surface area contributed by atoms with Crippen LogP contribution in [0.25, 0.3) is 0 Å². The average molecular weight is 279 g/mol. The average Bonchev–Trinajstić information content (AvgIpc) is 2.83. The highest BCUT2D eigenvalue weighted by molar-refractivity contribution is 7.99. The third-order valence-corrected chi connectivity index (χ3v) is 4.78. The molecule has 3 unspecified atom stereocenters. The number of nitrogens with one attached hydrogen (secondary N) is 2. The number of hydrogen-bond acceptors (Lipinski definition) is 3. The van der Waals surface area contributed by atoms with Crippen molar-refractivity contribution in [1.29, 1.82) is 0 Å². The van der Waals surface area contributed by atoms with Gasteiger partial charge < -0.3 is 10.6 Å². The van der Waals surface area contributed by atoms with Gasteiger partial charge in [0, 0.05) is 11.3 Å². The van der Waals surface area contributed by atoms with E-state index in [-0.39, 0.29) is 24.4 Å². The lowest BCUT2D eigenvalue weighted by Crippen LogP contribution is -2.46. The Bertz CT molecular complexity index is 247. The van der Waals surface area contributed by atoms with E-state index in [4.69, 9.17) is 0 Å². The molecule has 0 spiro atoms. The van der Waals surface area contributed by atoms with Crippen molar-refractivity contribution >= 4 is 30.1 Å². The molecule has 100 valence electrons. The highest BCUT2D eigenvalue weighted by atomic mass is 35.5. The Morgan fingerprint density at radius 1 is 1.29 bits per heavy atom. The van der Waals surface area contributed by atoms with Crippen molar-refractivity contribution in [2.45, 2.75) is 55.9 Å². The van der Waals surface area contributed by atoms with Crippen LogP contribution in [0.3, 0.4) is 0 Å². The highest BCUT2D eigenvalue weighted by Gasteiger charge is 2.27. The van der Waals surface area contributed by atoms with Gasteiger partial charge in [-0.2, -0.15) is 11.8 Å². The van der Waals surface area contributed by atoms with Gasteiger partial charge in [-0.3, -0.25) is 4.79 Å². The molecule has 0 aromatic rings. The molecule has 5 heteroatoms. The predicted octanol–water partition coefficient (Wildman–Crippen LogP) is 1.95. The van der Waals surface area contributed by atoms with Crippen LogP contribution in [0.2, 0.25) is 0 Å². The first-order valence-electron chi connectivity index (χ1n) is 6.36. The second-order valence-corrected chi connectivity index (χ2v) is 6.02. The van der Waals surface area contributed by atoms with E-state index in [9.17, 15) is 4.79 Å². The fourth-order valence-electron chi connectivity index (χ4n) is 2.70. The molecule has 1 amide bonds. The summed E-state index contributed by atoms with van der Waals surface area (Å²) in [6, 6.07) is 0.496. The second kappa shape index (κ2) is 7.49. The van der Waals surface area contributed by atoms with Crippen LogP contribution in [0.15, 0.2) is 0 Å². The summed E-state index contributed by atoms with van der Waals surface area (Å²) in [6.45, 7) is 0.996. The van der Waals surface area contributed by atoms with Gasteiger partial charge in [0.1, 0.15) is 0 Å². The molecule has 2 N–H and O–H groups in total. The molecule has 1 saturated carbocycles. The van der Waals surface area contributed by atoms with Crippen molar-refractivity contribution in [3.8, 4) is 0 Å². The number of carbonyl (C=O) groups excluding carboxylic acids is 1. The number of hydrogen-bond donors (Lipinski definition) is 2. The number of carbonyl (C=O) groups is 1. The maximum Gasteiger partial charge on any atom is 0.237 e. The summed E-state index contributed by atoms with van der Waals surface area (Å²) < 4.78 is 0. The lowest BCUT2D eigenvalue weighted by atomic mass is 9.94. The first kappa shape index (κ1) is 15.1. The molecular formula is C12H23ClN2OS. The zero-order valence-corrected chi connectivity index (χ0v) is 12.0. The van der Waals surface area contributed by atoms with E-state index in [1.807, 2.05) is 11.8 Å². The Balaban J connectivity index is 0.00000144. The van der Waals surface area contributed by atoms with Gasteiger partial charge in [-0.1, -0.05) is 6.42 Å². The SMILES string of the molecule is CSC1CCCC(NC(=O)C2CCCN2)C1.Cl. The maximum atomic E-state index is 11.9. The van der Waals surface area contributed by atoms with Crippen molar-refractivity contribution in [3.63, 3.8) is 0 Å². The molecule has 0 aromatic carbocycles. The molecule has 1 aliphatic carbocycles. The first-order valence-corrected chi connectivity index (χ1v) is 7.65. The molecule has 2 aliphatic rings. The van der Waals surface area contributed by atoms with Crippen LogP contribution in [0.4, 0.5) is 0 Å². The second-order valence-electron chi connectivity index (χ2n) is 4.88. The zero-order chi connectivity index (χ0) is 11.4. The Kier molecular flexibility index (Phi) is 6.67.